The van der Waals surface area contributed by atoms with Crippen molar-refractivity contribution in [3.8, 4) is 0 Å². The summed E-state index contributed by atoms with van der Waals surface area (Å²) in [6.07, 6.45) is -0.114. The lowest BCUT2D eigenvalue weighted by molar-refractivity contribution is -0.115. The molecular formula is C16H13ClN2O4. The molecule has 6 nitrogen and oxygen atoms in total. The summed E-state index contributed by atoms with van der Waals surface area (Å²) >= 11 is 5.83. The van der Waals surface area contributed by atoms with Crippen molar-refractivity contribution < 1.29 is 19.5 Å². The number of halogens is 1. The minimum atomic E-state index is -1.10. The largest absolute Gasteiger partial charge is 0.478 e. The number of nitrogens with two attached hydrogens (primary N) is 1. The fraction of sp³-hybridized carbons (Fsp3) is 0.0625. The Bertz CT molecular complexity index is 789. The molecule has 118 valence electrons. The second kappa shape index (κ2) is 6.93. The number of nitrogens with one attached hydrogen (secondary N) is 1. The number of carbonyl (C=O) groups excluding carboxylic acids is 2. The summed E-state index contributed by atoms with van der Waals surface area (Å²) in [5.74, 6) is -2.23. The van der Waals surface area contributed by atoms with Gasteiger partial charge in [-0.2, -0.15) is 0 Å². The molecule has 0 heterocycles. The fourth-order valence-corrected chi connectivity index (χ4v) is 2.26. The number of primary amides is 1. The van der Waals surface area contributed by atoms with Crippen LogP contribution in [0.25, 0.3) is 0 Å². The van der Waals surface area contributed by atoms with E-state index in [2.05, 4.69) is 5.32 Å². The average molecular weight is 333 g/mol. The summed E-state index contributed by atoms with van der Waals surface area (Å²) in [5.41, 5.74) is 6.09. The van der Waals surface area contributed by atoms with E-state index >= 15 is 0 Å². The van der Waals surface area contributed by atoms with Crippen LogP contribution in [0.5, 0.6) is 0 Å². The Labute approximate surface area is 136 Å². The van der Waals surface area contributed by atoms with Crippen molar-refractivity contribution in [2.24, 2.45) is 5.73 Å². The topological polar surface area (TPSA) is 109 Å². The van der Waals surface area contributed by atoms with Crippen molar-refractivity contribution in [3.63, 3.8) is 0 Å². The van der Waals surface area contributed by atoms with Crippen LogP contribution >= 0.6 is 11.6 Å². The van der Waals surface area contributed by atoms with Gasteiger partial charge in [0.2, 0.25) is 11.8 Å². The first-order chi connectivity index (χ1) is 10.9. The van der Waals surface area contributed by atoms with Crippen molar-refractivity contribution in [2.45, 2.75) is 6.42 Å². The highest BCUT2D eigenvalue weighted by Gasteiger charge is 2.14. The monoisotopic (exact) mass is 332 g/mol. The molecular weight excluding hydrogens is 320 g/mol. The smallest absolute Gasteiger partial charge is 0.335 e. The molecule has 0 aromatic heterocycles. The number of carboxylic acid groups (broad SMARTS) is 1. The van der Waals surface area contributed by atoms with Crippen LogP contribution in [0.15, 0.2) is 42.5 Å². The van der Waals surface area contributed by atoms with E-state index in [0.29, 0.717) is 11.3 Å². The Kier molecular flexibility index (Phi) is 4.98. The van der Waals surface area contributed by atoms with Crippen LogP contribution < -0.4 is 11.1 Å². The number of amides is 2. The van der Waals surface area contributed by atoms with Crippen molar-refractivity contribution in [1.82, 2.24) is 0 Å². The molecule has 2 aromatic rings. The predicted molar refractivity (Wildman–Crippen MR) is 85.7 cm³/mol. The molecule has 0 aliphatic carbocycles. The van der Waals surface area contributed by atoms with Crippen molar-refractivity contribution in [2.75, 3.05) is 5.32 Å². The summed E-state index contributed by atoms with van der Waals surface area (Å²) in [4.78, 5) is 34.4. The van der Waals surface area contributed by atoms with E-state index in [-0.39, 0.29) is 22.6 Å². The standard InChI is InChI=1S/C16H13ClN2O4/c17-13-6-5-10(8-12(13)15(18)21)19-14(20)7-9-3-1-2-4-11(9)16(22)23/h1-6,8H,7H2,(H2,18,21)(H,19,20)(H,22,23). The highest BCUT2D eigenvalue weighted by Crippen LogP contribution is 2.20. The first kappa shape index (κ1) is 16.5. The van der Waals surface area contributed by atoms with E-state index in [1.54, 1.807) is 18.2 Å². The number of carboxylic acids is 1. The van der Waals surface area contributed by atoms with Gasteiger partial charge in [-0.05, 0) is 29.8 Å². The maximum absolute atomic E-state index is 12.1. The quantitative estimate of drug-likeness (QED) is 0.780. The minimum Gasteiger partial charge on any atom is -0.478 e. The maximum Gasteiger partial charge on any atom is 0.335 e. The van der Waals surface area contributed by atoms with Gasteiger partial charge in [-0.25, -0.2) is 4.79 Å². The molecule has 4 N–H and O–H groups in total. The van der Waals surface area contributed by atoms with E-state index in [1.807, 2.05) is 0 Å². The number of benzene rings is 2. The highest BCUT2D eigenvalue weighted by atomic mass is 35.5. The maximum atomic E-state index is 12.1. The van der Waals surface area contributed by atoms with Gasteiger partial charge in [0.05, 0.1) is 22.6 Å². The lowest BCUT2D eigenvalue weighted by Gasteiger charge is -2.09. The van der Waals surface area contributed by atoms with Gasteiger partial charge in [0.25, 0.3) is 0 Å². The van der Waals surface area contributed by atoms with E-state index in [0.717, 1.165) is 0 Å². The van der Waals surface area contributed by atoms with Crippen molar-refractivity contribution in [3.05, 3.63) is 64.2 Å². The molecule has 0 saturated heterocycles. The molecule has 0 unspecified atom stereocenters. The lowest BCUT2D eigenvalue weighted by Crippen LogP contribution is -2.17. The minimum absolute atomic E-state index is 0.0663. The summed E-state index contributed by atoms with van der Waals surface area (Å²) < 4.78 is 0. The molecule has 7 heteroatoms. The number of hydrogen-bond donors (Lipinski definition) is 3. The molecule has 2 amide bonds. The Morgan fingerprint density at radius 2 is 1.78 bits per heavy atom. The fourth-order valence-electron chi connectivity index (χ4n) is 2.05. The third-order valence-corrected chi connectivity index (χ3v) is 3.44. The number of hydrogen-bond acceptors (Lipinski definition) is 3. The van der Waals surface area contributed by atoms with Crippen LogP contribution in [0.3, 0.4) is 0 Å². The highest BCUT2D eigenvalue weighted by molar-refractivity contribution is 6.34. The Morgan fingerprint density at radius 1 is 1.09 bits per heavy atom. The lowest BCUT2D eigenvalue weighted by atomic mass is 10.0. The molecule has 0 radical (unpaired) electrons. The van der Waals surface area contributed by atoms with Gasteiger partial charge < -0.3 is 16.2 Å². The Hall–Kier alpha value is -2.86. The van der Waals surface area contributed by atoms with E-state index in [4.69, 9.17) is 22.4 Å². The Balaban J connectivity index is 2.16. The van der Waals surface area contributed by atoms with Gasteiger partial charge in [0.15, 0.2) is 0 Å². The van der Waals surface area contributed by atoms with Crippen LogP contribution in [-0.2, 0) is 11.2 Å². The molecule has 0 spiro atoms. The van der Waals surface area contributed by atoms with Crippen LogP contribution in [0, 0.1) is 0 Å². The summed E-state index contributed by atoms with van der Waals surface area (Å²) in [5, 5.41) is 11.9. The van der Waals surface area contributed by atoms with Gasteiger partial charge in [0.1, 0.15) is 0 Å². The predicted octanol–water partition coefficient (Wildman–Crippen LogP) is 2.32. The van der Waals surface area contributed by atoms with Gasteiger partial charge in [-0.15, -0.1) is 0 Å². The molecule has 0 aliphatic rings. The zero-order chi connectivity index (χ0) is 17.0. The average Bonchev–Trinajstić information content (AvgIpc) is 2.49. The number of carbonyl (C=O) groups is 3. The third kappa shape index (κ3) is 4.08. The van der Waals surface area contributed by atoms with Crippen molar-refractivity contribution >= 4 is 35.1 Å². The molecule has 0 bridgehead atoms. The van der Waals surface area contributed by atoms with Gasteiger partial charge in [-0.1, -0.05) is 29.8 Å². The third-order valence-electron chi connectivity index (χ3n) is 3.11. The summed E-state index contributed by atoms with van der Waals surface area (Å²) in [7, 11) is 0. The van der Waals surface area contributed by atoms with Crippen LogP contribution in [-0.4, -0.2) is 22.9 Å². The molecule has 23 heavy (non-hydrogen) atoms. The molecule has 2 aromatic carbocycles. The molecule has 0 aliphatic heterocycles. The number of anilines is 1. The number of rotatable bonds is 5. The molecule has 0 saturated carbocycles. The van der Waals surface area contributed by atoms with E-state index < -0.39 is 17.8 Å². The SMILES string of the molecule is NC(=O)c1cc(NC(=O)Cc2ccccc2C(=O)O)ccc1Cl. The van der Waals surface area contributed by atoms with Crippen LogP contribution in [0.4, 0.5) is 5.69 Å². The number of aromatic carboxylic acids is 1. The first-order valence-electron chi connectivity index (χ1n) is 6.59. The molecule has 0 fully saturated rings. The Morgan fingerprint density at radius 3 is 2.43 bits per heavy atom. The van der Waals surface area contributed by atoms with Crippen LogP contribution in [0.2, 0.25) is 5.02 Å². The normalized spacial score (nSPS) is 10.1. The second-order valence-corrected chi connectivity index (χ2v) is 5.15. The van der Waals surface area contributed by atoms with Gasteiger partial charge in [0, 0.05) is 5.69 Å². The zero-order valence-electron chi connectivity index (χ0n) is 11.9. The van der Waals surface area contributed by atoms with E-state index in [9.17, 15) is 14.4 Å². The van der Waals surface area contributed by atoms with Gasteiger partial charge in [-0.3, -0.25) is 9.59 Å². The first-order valence-corrected chi connectivity index (χ1v) is 6.96. The van der Waals surface area contributed by atoms with Crippen LogP contribution in [0.1, 0.15) is 26.3 Å². The summed E-state index contributed by atoms with van der Waals surface area (Å²) in [6, 6.07) is 10.6. The van der Waals surface area contributed by atoms with Gasteiger partial charge >= 0.3 is 5.97 Å². The second-order valence-electron chi connectivity index (χ2n) is 4.75. The summed E-state index contributed by atoms with van der Waals surface area (Å²) in [6.45, 7) is 0. The van der Waals surface area contributed by atoms with Crippen molar-refractivity contribution in [1.29, 1.82) is 0 Å². The zero-order valence-corrected chi connectivity index (χ0v) is 12.6. The molecule has 2 rings (SSSR count). The molecule has 0 atom stereocenters. The van der Waals surface area contributed by atoms with E-state index in [1.165, 1.54) is 24.3 Å².